The van der Waals surface area contributed by atoms with Gasteiger partial charge in [-0.15, -0.1) is 0 Å². The fourth-order valence-electron chi connectivity index (χ4n) is 3.30. The van der Waals surface area contributed by atoms with Gasteiger partial charge in [0.05, 0.1) is 29.2 Å². The number of nitrogens with two attached hydrogens (primary N) is 1. The van der Waals surface area contributed by atoms with E-state index in [2.05, 4.69) is 19.9 Å². The fraction of sp³-hybridized carbons (Fsp3) is 0.150. The lowest BCUT2D eigenvalue weighted by Crippen LogP contribution is -2.26. The lowest BCUT2D eigenvalue weighted by atomic mass is 10.0. The van der Waals surface area contributed by atoms with E-state index in [4.69, 9.17) is 11.1 Å². The predicted molar refractivity (Wildman–Crippen MR) is 108 cm³/mol. The summed E-state index contributed by atoms with van der Waals surface area (Å²) in [5, 5.41) is 7.16. The summed E-state index contributed by atoms with van der Waals surface area (Å²) in [4.78, 5) is 29.4. The number of hydrogen-bond donors (Lipinski definition) is 3. The molecule has 0 aliphatic carbocycles. The number of carbonyl (C=O) groups excluding carboxylic acids is 1. The van der Waals surface area contributed by atoms with E-state index < -0.39 is 24.0 Å². The number of nitrogens with zero attached hydrogens (tertiary/aromatic N) is 4. The van der Waals surface area contributed by atoms with Crippen molar-refractivity contribution in [2.45, 2.75) is 12.3 Å². The van der Waals surface area contributed by atoms with Gasteiger partial charge < -0.3 is 15.6 Å². The molecule has 4 rings (SSSR count). The highest BCUT2D eigenvalue weighted by atomic mass is 19.3. The Morgan fingerprint density at radius 2 is 2.10 bits per heavy atom. The first kappa shape index (κ1) is 19.4. The third-order valence-electron chi connectivity index (χ3n) is 4.77. The largest absolute Gasteiger partial charge is 0.369 e. The molecule has 3 heterocycles. The number of H-pyrrole nitrogens is 1. The van der Waals surface area contributed by atoms with E-state index in [1.807, 2.05) is 29.2 Å². The van der Waals surface area contributed by atoms with Gasteiger partial charge in [-0.25, -0.2) is 23.7 Å². The number of rotatable bonds is 6. The summed E-state index contributed by atoms with van der Waals surface area (Å²) >= 11 is 0. The molecule has 2 aromatic heterocycles. The second kappa shape index (κ2) is 7.82. The van der Waals surface area contributed by atoms with Crippen molar-refractivity contribution in [1.29, 1.82) is 5.41 Å². The molecule has 0 bridgehead atoms. The molecule has 1 atom stereocenters. The van der Waals surface area contributed by atoms with Crippen LogP contribution in [0.15, 0.2) is 48.9 Å². The maximum Gasteiger partial charge on any atom is 0.279 e. The minimum Gasteiger partial charge on any atom is -0.369 e. The molecule has 152 valence electrons. The molecule has 1 unspecified atom stereocenters. The summed E-state index contributed by atoms with van der Waals surface area (Å²) < 4.78 is 24.8. The highest BCUT2D eigenvalue weighted by Gasteiger charge is 2.33. The number of anilines is 2. The van der Waals surface area contributed by atoms with E-state index in [1.54, 1.807) is 6.07 Å². The lowest BCUT2D eigenvalue weighted by Gasteiger charge is -2.18. The summed E-state index contributed by atoms with van der Waals surface area (Å²) in [6.45, 7) is 0.373. The van der Waals surface area contributed by atoms with Gasteiger partial charge in [0, 0.05) is 18.3 Å². The number of amides is 1. The Bertz CT molecular complexity index is 1140. The second-order valence-electron chi connectivity index (χ2n) is 6.66. The van der Waals surface area contributed by atoms with E-state index in [1.165, 1.54) is 18.6 Å². The minimum absolute atomic E-state index is 0.316. The lowest BCUT2D eigenvalue weighted by molar-refractivity contribution is -0.119. The molecule has 0 saturated carbocycles. The maximum absolute atomic E-state index is 12.4. The maximum atomic E-state index is 12.4. The molecule has 30 heavy (non-hydrogen) atoms. The van der Waals surface area contributed by atoms with Crippen LogP contribution in [0.25, 0.3) is 17.5 Å². The van der Waals surface area contributed by atoms with Crippen molar-refractivity contribution in [1.82, 2.24) is 19.9 Å². The molecule has 1 aliphatic rings. The number of primary amides is 1. The van der Waals surface area contributed by atoms with Crippen molar-refractivity contribution < 1.29 is 13.6 Å². The zero-order chi connectivity index (χ0) is 21.3. The van der Waals surface area contributed by atoms with Gasteiger partial charge in [-0.05, 0) is 23.8 Å². The first-order valence-corrected chi connectivity index (χ1v) is 9.02. The zero-order valence-corrected chi connectivity index (χ0v) is 15.6. The van der Waals surface area contributed by atoms with Gasteiger partial charge in [0.15, 0.2) is 0 Å². The summed E-state index contributed by atoms with van der Waals surface area (Å²) in [6, 6.07) is 9.25. The van der Waals surface area contributed by atoms with E-state index >= 15 is 0 Å². The van der Waals surface area contributed by atoms with Gasteiger partial charge in [-0.3, -0.25) is 10.2 Å². The first-order chi connectivity index (χ1) is 14.4. The van der Waals surface area contributed by atoms with Gasteiger partial charge in [0.25, 0.3) is 6.43 Å². The smallest absolute Gasteiger partial charge is 0.279 e. The molecule has 3 aromatic rings. The molecule has 10 heteroatoms. The van der Waals surface area contributed by atoms with Crippen molar-refractivity contribution in [3.05, 3.63) is 60.3 Å². The number of alkyl halides is 2. The number of fused-ring (bicyclic) bond motifs is 1. The first-order valence-electron chi connectivity index (χ1n) is 9.02. The molecular formula is C20H17F2N7O. The van der Waals surface area contributed by atoms with Gasteiger partial charge in [-0.2, -0.15) is 0 Å². The topological polar surface area (TPSA) is 125 Å². The van der Waals surface area contributed by atoms with Crippen LogP contribution in [0, 0.1) is 5.41 Å². The number of benzene rings is 1. The number of imidazole rings is 1. The third-order valence-corrected chi connectivity index (χ3v) is 4.77. The fourth-order valence-corrected chi connectivity index (χ4v) is 3.30. The molecule has 0 radical (unpaired) electrons. The van der Waals surface area contributed by atoms with E-state index in [0.29, 0.717) is 29.6 Å². The van der Waals surface area contributed by atoms with Crippen LogP contribution in [0.3, 0.4) is 0 Å². The Morgan fingerprint density at radius 3 is 2.87 bits per heavy atom. The van der Waals surface area contributed by atoms with Crippen LogP contribution in [0.1, 0.15) is 17.3 Å². The summed E-state index contributed by atoms with van der Waals surface area (Å²) in [5.41, 5.74) is 7.56. The number of aromatic amines is 1. The predicted octanol–water partition coefficient (Wildman–Crippen LogP) is 2.89. The Labute approximate surface area is 170 Å². The zero-order valence-electron chi connectivity index (χ0n) is 15.6. The Morgan fingerprint density at radius 1 is 1.30 bits per heavy atom. The molecule has 8 nitrogen and oxygen atoms in total. The SMILES string of the molecule is N=C(/C=C\c1ncc(-c2cc(N3CC(C(N)=O)c4ccccc43)ncn2)[nH]1)C(F)F. The number of halogens is 2. The molecule has 1 amide bonds. The van der Waals surface area contributed by atoms with Crippen LogP contribution in [-0.4, -0.2) is 44.5 Å². The Kier molecular flexibility index (Phi) is 5.05. The van der Waals surface area contributed by atoms with Crippen LogP contribution in [-0.2, 0) is 4.79 Å². The van der Waals surface area contributed by atoms with Crippen molar-refractivity contribution >= 4 is 29.2 Å². The normalized spacial score (nSPS) is 15.7. The van der Waals surface area contributed by atoms with Crippen LogP contribution < -0.4 is 10.6 Å². The molecule has 4 N–H and O–H groups in total. The van der Waals surface area contributed by atoms with Crippen LogP contribution in [0.4, 0.5) is 20.3 Å². The monoisotopic (exact) mass is 409 g/mol. The molecule has 1 aromatic carbocycles. The van der Waals surface area contributed by atoms with Crippen molar-refractivity contribution in [2.75, 3.05) is 11.4 Å². The standard InChI is InChI=1S/C20H17F2N7O/c21-19(22)13(23)5-6-17-25-8-15(28-17)14-7-18(27-10-26-14)29-9-12(20(24)30)11-3-1-2-4-16(11)29/h1-8,10,12,19,23H,9H2,(H2,24,30)(H,25,28)/b6-5-,23-13?. The van der Waals surface area contributed by atoms with Gasteiger partial charge in [-0.1, -0.05) is 18.2 Å². The minimum atomic E-state index is -2.84. The average molecular weight is 409 g/mol. The van der Waals surface area contributed by atoms with Crippen LogP contribution in [0.2, 0.25) is 0 Å². The highest BCUT2D eigenvalue weighted by molar-refractivity contribution is 5.97. The van der Waals surface area contributed by atoms with Crippen LogP contribution >= 0.6 is 0 Å². The van der Waals surface area contributed by atoms with Gasteiger partial charge in [0.1, 0.15) is 18.0 Å². The molecular weight excluding hydrogens is 392 g/mol. The number of para-hydroxylation sites is 1. The van der Waals surface area contributed by atoms with Crippen molar-refractivity contribution in [2.24, 2.45) is 5.73 Å². The molecule has 0 saturated heterocycles. The van der Waals surface area contributed by atoms with Crippen molar-refractivity contribution in [3.8, 4) is 11.4 Å². The van der Waals surface area contributed by atoms with E-state index in [9.17, 15) is 13.6 Å². The number of allylic oxidation sites excluding steroid dienone is 1. The third kappa shape index (κ3) is 3.66. The van der Waals surface area contributed by atoms with Gasteiger partial charge in [0.2, 0.25) is 5.91 Å². The molecule has 1 aliphatic heterocycles. The number of hydrogen-bond acceptors (Lipinski definition) is 6. The van der Waals surface area contributed by atoms with Gasteiger partial charge >= 0.3 is 0 Å². The quantitative estimate of drug-likeness (QED) is 0.540. The average Bonchev–Trinajstić information content (AvgIpc) is 3.37. The number of nitrogens with one attached hydrogen (secondary N) is 2. The summed E-state index contributed by atoms with van der Waals surface area (Å²) in [7, 11) is 0. The van der Waals surface area contributed by atoms with E-state index in [0.717, 1.165) is 17.3 Å². The van der Waals surface area contributed by atoms with Crippen LogP contribution in [0.5, 0.6) is 0 Å². The van der Waals surface area contributed by atoms with E-state index in [-0.39, 0.29) is 0 Å². The van der Waals surface area contributed by atoms with Crippen molar-refractivity contribution in [3.63, 3.8) is 0 Å². The number of carbonyl (C=O) groups is 1. The number of aromatic nitrogens is 4. The molecule has 0 fully saturated rings. The summed E-state index contributed by atoms with van der Waals surface area (Å²) in [6.07, 6.45) is 2.36. The summed E-state index contributed by atoms with van der Waals surface area (Å²) in [5.74, 6) is 0.0606. The Hall–Kier alpha value is -3.95. The second-order valence-corrected chi connectivity index (χ2v) is 6.66. The highest BCUT2D eigenvalue weighted by Crippen LogP contribution is 2.40. The molecule has 0 spiro atoms. The Balaban J connectivity index is 1.62.